The monoisotopic (exact) mass is 663 g/mol. The number of hydrogen-bond acceptors (Lipinski definition) is 7. The number of aromatic carboxylic acids is 1. The molecule has 0 bridgehead atoms. The number of halogens is 1. The van der Waals surface area contributed by atoms with E-state index in [1.165, 1.54) is 18.2 Å². The second-order valence-corrected chi connectivity index (χ2v) is 13.1. The number of pyridine rings is 2. The van der Waals surface area contributed by atoms with Crippen molar-refractivity contribution >= 4 is 23.6 Å². The number of carboxylic acid groups (broad SMARTS) is 1. The number of nitrogens with zero attached hydrogens (tertiary/aromatic N) is 4. The first-order chi connectivity index (χ1) is 23.4. The molecule has 4 heterocycles. The van der Waals surface area contributed by atoms with Gasteiger partial charge in [0.15, 0.2) is 5.65 Å². The number of likely N-dealkylation sites (tertiary alicyclic amines) is 1. The van der Waals surface area contributed by atoms with E-state index in [2.05, 4.69) is 10.3 Å². The number of fused-ring (bicyclic) bond motifs is 2. The fourth-order valence-electron chi connectivity index (χ4n) is 6.41. The highest BCUT2D eigenvalue weighted by molar-refractivity contribution is 6.00. The molecule has 2 amide bonds. The molecular weight excluding hydrogens is 629 g/mol. The second kappa shape index (κ2) is 12.3. The Bertz CT molecular complexity index is 2070. The number of piperidine rings is 1. The topological polar surface area (TPSA) is 135 Å². The fourth-order valence-corrected chi connectivity index (χ4v) is 6.41. The number of carbonyl (C=O) groups excluding carboxylic acids is 2. The molecule has 1 aliphatic carbocycles. The van der Waals surface area contributed by atoms with Crippen molar-refractivity contribution < 1.29 is 33.4 Å². The van der Waals surface area contributed by atoms with Gasteiger partial charge in [-0.1, -0.05) is 30.3 Å². The number of rotatable bonds is 9. The molecule has 3 aromatic heterocycles. The van der Waals surface area contributed by atoms with Crippen LogP contribution in [0.5, 0.6) is 5.88 Å². The number of imidazole rings is 1. The summed E-state index contributed by atoms with van der Waals surface area (Å²) in [5.41, 5.74) is 3.07. The van der Waals surface area contributed by atoms with E-state index >= 15 is 0 Å². The highest BCUT2D eigenvalue weighted by atomic mass is 19.1. The Hall–Kier alpha value is -5.78. The molecule has 2 fully saturated rings. The zero-order chi connectivity index (χ0) is 34.4. The van der Waals surface area contributed by atoms with Crippen LogP contribution in [0.3, 0.4) is 0 Å². The first kappa shape index (κ1) is 31.8. The van der Waals surface area contributed by atoms with Gasteiger partial charge in [0.25, 0.3) is 5.91 Å². The third-order valence-corrected chi connectivity index (χ3v) is 9.10. The number of benzene rings is 2. The van der Waals surface area contributed by atoms with Crippen molar-refractivity contribution in [3.63, 3.8) is 0 Å². The van der Waals surface area contributed by atoms with Gasteiger partial charge in [0, 0.05) is 48.9 Å². The lowest BCUT2D eigenvalue weighted by Crippen LogP contribution is -2.41. The fraction of sp³-hybridized carbons (Fsp3) is 0.270. The van der Waals surface area contributed by atoms with Gasteiger partial charge in [-0.3, -0.25) is 4.79 Å². The van der Waals surface area contributed by atoms with E-state index in [1.807, 2.05) is 50.2 Å². The van der Waals surface area contributed by atoms with E-state index in [4.69, 9.17) is 14.5 Å². The lowest BCUT2D eigenvalue weighted by molar-refractivity contribution is 0.0698. The number of amides is 2. The quantitative estimate of drug-likeness (QED) is 0.201. The molecule has 250 valence electrons. The van der Waals surface area contributed by atoms with E-state index in [-0.39, 0.29) is 53.0 Å². The summed E-state index contributed by atoms with van der Waals surface area (Å²) in [6.07, 6.45) is 2.53. The van der Waals surface area contributed by atoms with Crippen molar-refractivity contribution in [2.45, 2.75) is 39.0 Å². The maximum atomic E-state index is 13.8. The highest BCUT2D eigenvalue weighted by Gasteiger charge is 2.59. The summed E-state index contributed by atoms with van der Waals surface area (Å²) in [6.45, 7) is 6.47. The number of carbonyl (C=O) groups is 3. The van der Waals surface area contributed by atoms with E-state index in [9.17, 15) is 23.9 Å². The van der Waals surface area contributed by atoms with Crippen molar-refractivity contribution in [2.24, 2.45) is 11.8 Å². The molecule has 1 unspecified atom stereocenters. The van der Waals surface area contributed by atoms with E-state index in [0.717, 1.165) is 5.56 Å². The highest BCUT2D eigenvalue weighted by Crippen LogP contribution is 2.48. The van der Waals surface area contributed by atoms with Crippen LogP contribution in [0, 0.1) is 24.6 Å². The average molecular weight is 664 g/mol. The first-order valence-corrected chi connectivity index (χ1v) is 15.9. The maximum Gasteiger partial charge on any atom is 0.408 e. The summed E-state index contributed by atoms with van der Waals surface area (Å²) >= 11 is 0. The molecule has 5 aromatic rings. The number of aromatic nitrogens is 3. The Morgan fingerprint density at radius 2 is 1.69 bits per heavy atom. The first-order valence-electron chi connectivity index (χ1n) is 15.9. The van der Waals surface area contributed by atoms with Gasteiger partial charge in [-0.15, -0.1) is 0 Å². The summed E-state index contributed by atoms with van der Waals surface area (Å²) in [5.74, 6) is -1.30. The maximum absolute atomic E-state index is 13.8. The zero-order valence-electron chi connectivity index (χ0n) is 27.1. The van der Waals surface area contributed by atoms with Gasteiger partial charge in [0.05, 0.1) is 22.5 Å². The van der Waals surface area contributed by atoms with Crippen molar-refractivity contribution in [2.75, 3.05) is 13.1 Å². The summed E-state index contributed by atoms with van der Waals surface area (Å²) in [6, 6.07) is 20.3. The van der Waals surface area contributed by atoms with E-state index < -0.39 is 17.6 Å². The van der Waals surface area contributed by atoms with E-state index in [1.54, 1.807) is 46.8 Å². The van der Waals surface area contributed by atoms with Gasteiger partial charge >= 0.3 is 12.1 Å². The Morgan fingerprint density at radius 3 is 2.39 bits per heavy atom. The third-order valence-electron chi connectivity index (χ3n) is 9.10. The summed E-state index contributed by atoms with van der Waals surface area (Å²) in [5, 5.41) is 12.7. The molecule has 12 heteroatoms. The molecule has 1 aliphatic heterocycles. The van der Waals surface area contributed by atoms with Gasteiger partial charge in [-0.25, -0.2) is 23.9 Å². The number of alkyl carbamates (subject to hydrolysis) is 1. The normalized spacial score (nSPS) is 18.2. The summed E-state index contributed by atoms with van der Waals surface area (Å²) in [4.78, 5) is 48.9. The van der Waals surface area contributed by atoms with Crippen LogP contribution in [0.1, 0.15) is 51.4 Å². The van der Waals surface area contributed by atoms with Crippen LogP contribution in [0.2, 0.25) is 0 Å². The predicted octanol–water partition coefficient (Wildman–Crippen LogP) is 5.85. The molecule has 3 atom stereocenters. The predicted molar refractivity (Wildman–Crippen MR) is 177 cm³/mol. The zero-order valence-corrected chi connectivity index (χ0v) is 27.1. The Balaban J connectivity index is 1.07. The molecular formula is C37H34FN5O6. The van der Waals surface area contributed by atoms with Crippen LogP contribution in [-0.4, -0.2) is 61.5 Å². The number of ether oxygens (including phenoxy) is 2. The Labute approximate surface area is 281 Å². The minimum absolute atomic E-state index is 0.0331. The van der Waals surface area contributed by atoms with Gasteiger partial charge in [-0.05, 0) is 68.3 Å². The van der Waals surface area contributed by atoms with Gasteiger partial charge in [-0.2, -0.15) is 0 Å². The largest absolute Gasteiger partial charge is 0.478 e. The molecule has 2 N–H and O–H groups in total. The summed E-state index contributed by atoms with van der Waals surface area (Å²) in [7, 11) is 0. The molecule has 1 saturated carbocycles. The minimum Gasteiger partial charge on any atom is -0.478 e. The van der Waals surface area contributed by atoms with Gasteiger partial charge in [0.2, 0.25) is 5.88 Å². The SMILES string of the molecule is Cc1cn2cc(C(=O)N3C[C@@H]4C(Oc5cc(C(C)(C)NC(=O)OCc6ccccc6)cc(-c6ccc(F)cc6)n5)[C@@H]4C3)cc(C(=O)O)c2n1. The van der Waals surface area contributed by atoms with Crippen LogP contribution in [0.25, 0.3) is 16.9 Å². The van der Waals surface area contributed by atoms with Crippen LogP contribution in [0.4, 0.5) is 9.18 Å². The Morgan fingerprint density at radius 1 is 0.980 bits per heavy atom. The van der Waals surface area contributed by atoms with Crippen molar-refractivity contribution in [3.8, 4) is 17.1 Å². The number of aryl methyl sites for hydroxylation is 1. The van der Waals surface area contributed by atoms with Crippen LogP contribution >= 0.6 is 0 Å². The molecule has 2 aliphatic rings. The van der Waals surface area contributed by atoms with Crippen molar-refractivity contribution in [1.82, 2.24) is 24.6 Å². The molecule has 2 aromatic carbocycles. The number of nitrogens with one attached hydrogen (secondary N) is 1. The van der Waals surface area contributed by atoms with Gasteiger partial charge in [0.1, 0.15) is 24.1 Å². The standard InChI is InChI=1S/C37H34FN5O6/c1-21-16-42-17-24(13-27(35(45)46)33(42)39-21)34(44)43-18-28-29(19-43)32(28)49-31-15-25(14-30(40-31)23-9-11-26(38)12-10-23)37(2,3)41-36(47)48-20-22-7-5-4-6-8-22/h4-17,28-29,32H,18-20H2,1-3H3,(H,41,47)(H,45,46)/t28-,29+,32?. The summed E-state index contributed by atoms with van der Waals surface area (Å²) < 4.78 is 27.2. The Kier molecular flexibility index (Phi) is 8.01. The number of hydrogen-bond donors (Lipinski definition) is 2. The lowest BCUT2D eigenvalue weighted by atomic mass is 9.93. The minimum atomic E-state index is -1.15. The molecule has 11 nitrogen and oxygen atoms in total. The molecule has 0 radical (unpaired) electrons. The lowest BCUT2D eigenvalue weighted by Gasteiger charge is -2.27. The van der Waals surface area contributed by atoms with Crippen LogP contribution < -0.4 is 10.1 Å². The van der Waals surface area contributed by atoms with Crippen molar-refractivity contribution in [3.05, 3.63) is 119 Å². The molecule has 49 heavy (non-hydrogen) atoms. The van der Waals surface area contributed by atoms with Gasteiger partial charge < -0.3 is 29.2 Å². The van der Waals surface area contributed by atoms with Crippen LogP contribution in [-0.2, 0) is 16.9 Å². The average Bonchev–Trinajstić information content (AvgIpc) is 3.36. The second-order valence-electron chi connectivity index (χ2n) is 13.1. The van der Waals surface area contributed by atoms with Crippen molar-refractivity contribution in [1.29, 1.82) is 0 Å². The molecule has 1 saturated heterocycles. The number of carboxylic acids is 1. The molecule has 0 spiro atoms. The van der Waals surface area contributed by atoms with E-state index in [0.29, 0.717) is 41.5 Å². The smallest absolute Gasteiger partial charge is 0.408 e. The third kappa shape index (κ3) is 6.54. The van der Waals surface area contributed by atoms with Crippen LogP contribution in [0.15, 0.2) is 85.2 Å². The molecule has 7 rings (SSSR count).